The highest BCUT2D eigenvalue weighted by Gasteiger charge is 2.15. The predicted octanol–water partition coefficient (Wildman–Crippen LogP) is 1.44. The van der Waals surface area contributed by atoms with Gasteiger partial charge in [0.05, 0.1) is 6.10 Å². The van der Waals surface area contributed by atoms with Gasteiger partial charge in [0.15, 0.2) is 6.10 Å². The Morgan fingerprint density at radius 2 is 2.50 bits per heavy atom. The Bertz CT molecular complexity index is 175. The maximum atomic E-state index is 10.4. The minimum atomic E-state index is -0.901. The number of ether oxygens (including phenoxy) is 2. The highest BCUT2D eigenvalue weighted by molar-refractivity contribution is 5.71. The lowest BCUT2D eigenvalue weighted by molar-refractivity contribution is -0.149. The van der Waals surface area contributed by atoms with E-state index in [0.717, 1.165) is 32.3 Å². The molecular formula is C10H18O4. The zero-order valence-corrected chi connectivity index (χ0v) is 8.57. The summed E-state index contributed by atoms with van der Waals surface area (Å²) in [6.45, 7) is 2.93. The standard InChI is InChI=1S/C10H18O4/c1-8(10(11)12)13-6-2-4-9-5-3-7-14-9/h8-9H,2-7H2,1H3,(H,11,12)/t8-,9?/m1/s1. The second-order valence-electron chi connectivity index (χ2n) is 3.63. The van der Waals surface area contributed by atoms with Crippen LogP contribution in [0.4, 0.5) is 0 Å². The summed E-state index contributed by atoms with van der Waals surface area (Å²) in [4.78, 5) is 10.4. The molecule has 82 valence electrons. The molecule has 4 heteroatoms. The van der Waals surface area contributed by atoms with Gasteiger partial charge in [-0.3, -0.25) is 0 Å². The van der Waals surface area contributed by atoms with Gasteiger partial charge >= 0.3 is 5.97 Å². The second kappa shape index (κ2) is 5.98. The Kier molecular flexibility index (Phi) is 4.90. The highest BCUT2D eigenvalue weighted by Crippen LogP contribution is 2.16. The first-order valence-corrected chi connectivity index (χ1v) is 5.16. The Hall–Kier alpha value is -0.610. The minimum absolute atomic E-state index is 0.374. The van der Waals surface area contributed by atoms with Crippen molar-refractivity contribution >= 4 is 5.97 Å². The molecule has 1 saturated heterocycles. The third kappa shape index (κ3) is 4.07. The van der Waals surface area contributed by atoms with Crippen LogP contribution >= 0.6 is 0 Å². The summed E-state index contributed by atoms with van der Waals surface area (Å²) in [5.74, 6) is -0.901. The van der Waals surface area contributed by atoms with Gasteiger partial charge in [-0.05, 0) is 32.6 Å². The van der Waals surface area contributed by atoms with Crippen molar-refractivity contribution in [2.45, 2.75) is 44.8 Å². The molecule has 4 nitrogen and oxygen atoms in total. The fraction of sp³-hybridized carbons (Fsp3) is 0.900. The van der Waals surface area contributed by atoms with Crippen LogP contribution in [0.25, 0.3) is 0 Å². The Morgan fingerprint density at radius 3 is 3.07 bits per heavy atom. The van der Waals surface area contributed by atoms with Gasteiger partial charge < -0.3 is 14.6 Å². The van der Waals surface area contributed by atoms with E-state index in [4.69, 9.17) is 14.6 Å². The summed E-state index contributed by atoms with van der Waals surface area (Å²) < 4.78 is 10.5. The van der Waals surface area contributed by atoms with E-state index in [0.29, 0.717) is 12.7 Å². The molecule has 1 aliphatic heterocycles. The van der Waals surface area contributed by atoms with Crippen molar-refractivity contribution in [3.8, 4) is 0 Å². The summed E-state index contributed by atoms with van der Waals surface area (Å²) in [7, 11) is 0. The lowest BCUT2D eigenvalue weighted by Gasteiger charge is -2.10. The number of rotatable bonds is 6. The van der Waals surface area contributed by atoms with Gasteiger partial charge in [-0.1, -0.05) is 0 Å². The molecule has 0 amide bonds. The maximum absolute atomic E-state index is 10.4. The number of carboxylic acid groups (broad SMARTS) is 1. The molecule has 0 saturated carbocycles. The van der Waals surface area contributed by atoms with E-state index < -0.39 is 12.1 Å². The van der Waals surface area contributed by atoms with E-state index in [1.165, 1.54) is 0 Å². The topological polar surface area (TPSA) is 55.8 Å². The van der Waals surface area contributed by atoms with Gasteiger partial charge in [0, 0.05) is 13.2 Å². The van der Waals surface area contributed by atoms with Crippen LogP contribution in [0.5, 0.6) is 0 Å². The molecule has 0 aromatic carbocycles. The van der Waals surface area contributed by atoms with E-state index in [1.54, 1.807) is 6.92 Å². The van der Waals surface area contributed by atoms with Gasteiger partial charge in [0.25, 0.3) is 0 Å². The van der Waals surface area contributed by atoms with E-state index in [2.05, 4.69) is 0 Å². The van der Waals surface area contributed by atoms with Crippen LogP contribution in [0.2, 0.25) is 0 Å². The van der Waals surface area contributed by atoms with Crippen molar-refractivity contribution in [3.05, 3.63) is 0 Å². The third-order valence-electron chi connectivity index (χ3n) is 2.41. The summed E-state index contributed by atoms with van der Waals surface area (Å²) in [6.07, 6.45) is 3.82. The van der Waals surface area contributed by atoms with Crippen molar-refractivity contribution in [2.75, 3.05) is 13.2 Å². The summed E-state index contributed by atoms with van der Waals surface area (Å²) in [5.41, 5.74) is 0. The minimum Gasteiger partial charge on any atom is -0.479 e. The molecule has 1 rings (SSSR count). The lowest BCUT2D eigenvalue weighted by atomic mass is 10.1. The van der Waals surface area contributed by atoms with Gasteiger partial charge in [-0.25, -0.2) is 4.79 Å². The number of hydrogen-bond acceptors (Lipinski definition) is 3. The molecule has 1 unspecified atom stereocenters. The first-order valence-electron chi connectivity index (χ1n) is 5.16. The fourth-order valence-corrected chi connectivity index (χ4v) is 1.51. The molecule has 0 spiro atoms. The smallest absolute Gasteiger partial charge is 0.332 e. The second-order valence-corrected chi connectivity index (χ2v) is 3.63. The molecule has 0 aromatic heterocycles. The molecule has 0 bridgehead atoms. The zero-order chi connectivity index (χ0) is 10.4. The quantitative estimate of drug-likeness (QED) is 0.662. The Labute approximate surface area is 84.2 Å². The average molecular weight is 202 g/mol. The number of aliphatic carboxylic acids is 1. The van der Waals surface area contributed by atoms with Gasteiger partial charge in [0.1, 0.15) is 0 Å². The molecule has 1 heterocycles. The predicted molar refractivity (Wildman–Crippen MR) is 51.3 cm³/mol. The molecule has 0 radical (unpaired) electrons. The van der Waals surface area contributed by atoms with E-state index in [9.17, 15) is 4.79 Å². The third-order valence-corrected chi connectivity index (χ3v) is 2.41. The van der Waals surface area contributed by atoms with Crippen LogP contribution in [-0.4, -0.2) is 36.5 Å². The molecule has 1 aliphatic rings. The van der Waals surface area contributed by atoms with Crippen molar-refractivity contribution in [3.63, 3.8) is 0 Å². The number of carboxylic acids is 1. The van der Waals surface area contributed by atoms with Crippen molar-refractivity contribution in [2.24, 2.45) is 0 Å². The van der Waals surface area contributed by atoms with Crippen LogP contribution in [-0.2, 0) is 14.3 Å². The van der Waals surface area contributed by atoms with Crippen LogP contribution in [0.1, 0.15) is 32.6 Å². The summed E-state index contributed by atoms with van der Waals surface area (Å²) in [5, 5.41) is 8.54. The molecule has 1 fully saturated rings. The van der Waals surface area contributed by atoms with Crippen molar-refractivity contribution in [1.29, 1.82) is 0 Å². The monoisotopic (exact) mass is 202 g/mol. The summed E-state index contributed by atoms with van der Waals surface area (Å²) in [6, 6.07) is 0. The van der Waals surface area contributed by atoms with Gasteiger partial charge in [-0.15, -0.1) is 0 Å². The molecule has 14 heavy (non-hydrogen) atoms. The number of hydrogen-bond donors (Lipinski definition) is 1. The molecule has 0 aliphatic carbocycles. The van der Waals surface area contributed by atoms with Gasteiger partial charge in [0.2, 0.25) is 0 Å². The van der Waals surface area contributed by atoms with Crippen LogP contribution in [0, 0.1) is 0 Å². The van der Waals surface area contributed by atoms with E-state index >= 15 is 0 Å². The van der Waals surface area contributed by atoms with Crippen molar-refractivity contribution < 1.29 is 19.4 Å². The lowest BCUT2D eigenvalue weighted by Crippen LogP contribution is -2.20. The van der Waals surface area contributed by atoms with Crippen LogP contribution in [0.3, 0.4) is 0 Å². The zero-order valence-electron chi connectivity index (χ0n) is 8.57. The normalized spacial score (nSPS) is 23.6. The Morgan fingerprint density at radius 1 is 1.71 bits per heavy atom. The molecule has 2 atom stereocenters. The first-order chi connectivity index (χ1) is 6.70. The van der Waals surface area contributed by atoms with Crippen LogP contribution in [0.15, 0.2) is 0 Å². The number of carbonyl (C=O) groups is 1. The van der Waals surface area contributed by atoms with E-state index in [1.807, 2.05) is 0 Å². The molecular weight excluding hydrogens is 184 g/mol. The maximum Gasteiger partial charge on any atom is 0.332 e. The molecule has 0 aromatic rings. The highest BCUT2D eigenvalue weighted by atomic mass is 16.5. The van der Waals surface area contributed by atoms with Gasteiger partial charge in [-0.2, -0.15) is 0 Å². The van der Waals surface area contributed by atoms with Crippen LogP contribution < -0.4 is 0 Å². The van der Waals surface area contributed by atoms with E-state index in [-0.39, 0.29) is 0 Å². The summed E-state index contributed by atoms with van der Waals surface area (Å²) >= 11 is 0. The average Bonchev–Trinajstić information content (AvgIpc) is 2.64. The largest absolute Gasteiger partial charge is 0.479 e. The molecule has 1 N–H and O–H groups in total. The Balaban J connectivity index is 1.95. The SMILES string of the molecule is C[C@@H](OCCCC1CCCO1)C(=O)O. The van der Waals surface area contributed by atoms with Crippen molar-refractivity contribution in [1.82, 2.24) is 0 Å². The first kappa shape index (κ1) is 11.5. The fourth-order valence-electron chi connectivity index (χ4n) is 1.51.